The van der Waals surface area contributed by atoms with Crippen LogP contribution in [0, 0.1) is 11.2 Å². The number of esters is 1. The number of rotatable bonds is 6. The fourth-order valence-corrected chi connectivity index (χ4v) is 7.28. The second-order valence-electron chi connectivity index (χ2n) is 12.8. The van der Waals surface area contributed by atoms with Crippen LogP contribution in [0.15, 0.2) is 36.4 Å². The van der Waals surface area contributed by atoms with Crippen LogP contribution >= 0.6 is 23.2 Å². The van der Waals surface area contributed by atoms with Gasteiger partial charge in [-0.1, -0.05) is 62.2 Å². The summed E-state index contributed by atoms with van der Waals surface area (Å²) in [7, 11) is 0. The third-order valence-electron chi connectivity index (χ3n) is 8.45. The molecule has 4 atom stereocenters. The summed E-state index contributed by atoms with van der Waals surface area (Å²) in [6.07, 6.45) is 1.33. The molecule has 0 bridgehead atoms. The molecule has 11 heteroatoms. The average molecular weight is 606 g/mol. The van der Waals surface area contributed by atoms with E-state index in [1.165, 1.54) is 6.07 Å². The number of fused-ring (bicyclic) bond motifs is 2. The van der Waals surface area contributed by atoms with E-state index in [-0.39, 0.29) is 40.4 Å². The van der Waals surface area contributed by atoms with Gasteiger partial charge in [0.25, 0.3) is 0 Å². The van der Waals surface area contributed by atoms with Gasteiger partial charge in [0.15, 0.2) is 0 Å². The molecule has 1 spiro atoms. The normalized spacial score (nSPS) is 30.5. The topological polar surface area (TPSA) is 123 Å². The maximum absolute atomic E-state index is 15.9. The van der Waals surface area contributed by atoms with Gasteiger partial charge in [0.1, 0.15) is 16.8 Å². The van der Waals surface area contributed by atoms with Crippen molar-refractivity contribution in [1.82, 2.24) is 10.6 Å². The lowest BCUT2D eigenvalue weighted by Crippen LogP contribution is -2.58. The Morgan fingerprint density at radius 3 is 2.56 bits per heavy atom. The predicted molar refractivity (Wildman–Crippen MR) is 155 cm³/mol. The molecule has 1 saturated heterocycles. The summed E-state index contributed by atoms with van der Waals surface area (Å²) < 4.78 is 21.3. The zero-order valence-electron chi connectivity index (χ0n) is 23.4. The number of nitrogens with two attached hydrogens (primary N) is 1. The first-order chi connectivity index (χ1) is 19.2. The average Bonchev–Trinajstić information content (AvgIpc) is 3.33. The Morgan fingerprint density at radius 1 is 1.20 bits per heavy atom. The Balaban J connectivity index is 1.58. The summed E-state index contributed by atoms with van der Waals surface area (Å²) >= 11 is 12.5. The van der Waals surface area contributed by atoms with E-state index in [9.17, 15) is 14.4 Å². The SMILES string of the molecule is CC(C)(C)C[C@H]1N[C@@H](C(=O)N[C@H]2C[C@@](C)(OC(=O)CN)C2)[C@H](c2cccc(Cl)c2F)[C@@]12C(=O)Nc1cc(Cl)ccc12. The maximum Gasteiger partial charge on any atom is 0.320 e. The zero-order valence-corrected chi connectivity index (χ0v) is 25.0. The number of amides is 2. The summed E-state index contributed by atoms with van der Waals surface area (Å²) in [6, 6.07) is 8.04. The number of anilines is 1. The molecule has 2 fully saturated rings. The third kappa shape index (κ3) is 5.22. The highest BCUT2D eigenvalue weighted by Crippen LogP contribution is 2.57. The minimum atomic E-state index is -1.33. The minimum absolute atomic E-state index is 0.0951. The van der Waals surface area contributed by atoms with E-state index in [1.54, 1.807) is 37.3 Å². The van der Waals surface area contributed by atoms with Crippen LogP contribution in [0.5, 0.6) is 0 Å². The molecule has 220 valence electrons. The van der Waals surface area contributed by atoms with Crippen molar-refractivity contribution in [3.05, 3.63) is 63.4 Å². The van der Waals surface area contributed by atoms with E-state index in [1.807, 2.05) is 0 Å². The van der Waals surface area contributed by atoms with Crippen molar-refractivity contribution in [1.29, 1.82) is 0 Å². The van der Waals surface area contributed by atoms with E-state index in [0.29, 0.717) is 35.5 Å². The molecule has 2 heterocycles. The Bertz CT molecular complexity index is 1410. The van der Waals surface area contributed by atoms with E-state index >= 15 is 4.39 Å². The maximum atomic E-state index is 15.9. The molecule has 8 nitrogen and oxygen atoms in total. The van der Waals surface area contributed by atoms with Crippen LogP contribution in [0.4, 0.5) is 10.1 Å². The molecule has 0 unspecified atom stereocenters. The van der Waals surface area contributed by atoms with E-state index in [4.69, 9.17) is 33.7 Å². The number of benzene rings is 2. The molecule has 2 aliphatic heterocycles. The quantitative estimate of drug-likeness (QED) is 0.362. The van der Waals surface area contributed by atoms with Gasteiger partial charge in [0.05, 0.1) is 17.6 Å². The lowest BCUT2D eigenvalue weighted by atomic mass is 9.62. The van der Waals surface area contributed by atoms with Crippen LogP contribution in [-0.2, 0) is 24.5 Å². The van der Waals surface area contributed by atoms with Crippen molar-refractivity contribution >= 4 is 46.7 Å². The van der Waals surface area contributed by atoms with Crippen LogP contribution in [-0.4, -0.2) is 48.1 Å². The summed E-state index contributed by atoms with van der Waals surface area (Å²) in [5.74, 6) is -2.82. The Morgan fingerprint density at radius 2 is 1.90 bits per heavy atom. The number of carbonyl (C=O) groups excluding carboxylic acids is 3. The van der Waals surface area contributed by atoms with Gasteiger partial charge < -0.3 is 26.4 Å². The van der Waals surface area contributed by atoms with E-state index in [2.05, 4.69) is 36.7 Å². The van der Waals surface area contributed by atoms with Gasteiger partial charge in [0.2, 0.25) is 11.8 Å². The van der Waals surface area contributed by atoms with Gasteiger partial charge >= 0.3 is 5.97 Å². The summed E-state index contributed by atoms with van der Waals surface area (Å²) in [4.78, 5) is 39.9. The number of halogens is 3. The predicted octanol–water partition coefficient (Wildman–Crippen LogP) is 4.42. The smallest absolute Gasteiger partial charge is 0.320 e. The number of hydrogen-bond acceptors (Lipinski definition) is 6. The molecule has 5 rings (SSSR count). The summed E-state index contributed by atoms with van der Waals surface area (Å²) in [5.41, 5.74) is 4.45. The molecule has 2 aromatic carbocycles. The standard InChI is InChI=1S/C30H35Cl2FN4O4/c1-28(2,3)13-21-30(18-9-8-15(31)10-20(18)36-27(30)40)23(17-6-5-7-19(32)24(17)33)25(37-21)26(39)35-16-11-29(4,12-16)41-22(38)14-34/h5-10,16,21,23,25,37H,11-14,34H2,1-4H3,(H,35,39)(H,36,40)/t16-,21-,23+,25-,29+,30+/m1/s1. The van der Waals surface area contributed by atoms with Crippen molar-refractivity contribution in [2.24, 2.45) is 11.1 Å². The largest absolute Gasteiger partial charge is 0.458 e. The number of ether oxygens (including phenoxy) is 1. The second kappa shape index (κ2) is 10.5. The summed E-state index contributed by atoms with van der Waals surface area (Å²) in [6.45, 7) is 7.73. The number of carbonyl (C=O) groups is 3. The van der Waals surface area contributed by atoms with Gasteiger partial charge in [-0.15, -0.1) is 0 Å². The lowest BCUT2D eigenvalue weighted by Gasteiger charge is -2.44. The van der Waals surface area contributed by atoms with Crippen molar-refractivity contribution < 1.29 is 23.5 Å². The number of hydrogen-bond donors (Lipinski definition) is 4. The molecule has 3 aliphatic rings. The lowest BCUT2D eigenvalue weighted by molar-refractivity contribution is -0.167. The van der Waals surface area contributed by atoms with Gasteiger partial charge in [-0.05, 0) is 48.1 Å². The van der Waals surface area contributed by atoms with Gasteiger partial charge in [-0.25, -0.2) is 4.39 Å². The minimum Gasteiger partial charge on any atom is -0.458 e. The molecule has 1 saturated carbocycles. The first-order valence-electron chi connectivity index (χ1n) is 13.7. The zero-order chi connectivity index (χ0) is 29.9. The molecule has 0 radical (unpaired) electrons. The molecular weight excluding hydrogens is 570 g/mol. The van der Waals surface area contributed by atoms with Crippen LogP contribution in [0.25, 0.3) is 0 Å². The Labute approximate surface area is 248 Å². The van der Waals surface area contributed by atoms with Crippen LogP contribution in [0.1, 0.15) is 64.0 Å². The molecule has 2 amide bonds. The van der Waals surface area contributed by atoms with Crippen LogP contribution in [0.3, 0.4) is 0 Å². The highest BCUT2D eigenvalue weighted by Gasteiger charge is 2.66. The number of nitrogens with one attached hydrogen (secondary N) is 3. The highest BCUT2D eigenvalue weighted by molar-refractivity contribution is 6.31. The molecule has 2 aromatic rings. The fourth-order valence-electron chi connectivity index (χ4n) is 6.93. The fraction of sp³-hybridized carbons (Fsp3) is 0.500. The van der Waals surface area contributed by atoms with Crippen molar-refractivity contribution in [2.75, 3.05) is 11.9 Å². The summed E-state index contributed by atoms with van der Waals surface area (Å²) in [5, 5.41) is 9.82. The molecule has 0 aromatic heterocycles. The van der Waals surface area contributed by atoms with Crippen LogP contribution in [0.2, 0.25) is 10.0 Å². The van der Waals surface area contributed by atoms with Gasteiger partial charge in [0, 0.05) is 41.6 Å². The molecule has 5 N–H and O–H groups in total. The third-order valence-corrected chi connectivity index (χ3v) is 8.98. The van der Waals surface area contributed by atoms with Gasteiger partial charge in [-0.3, -0.25) is 14.4 Å². The monoisotopic (exact) mass is 604 g/mol. The second-order valence-corrected chi connectivity index (χ2v) is 13.7. The first-order valence-corrected chi connectivity index (χ1v) is 14.5. The molecule has 1 aliphatic carbocycles. The Kier molecular flexibility index (Phi) is 7.64. The van der Waals surface area contributed by atoms with Crippen molar-refractivity contribution in [3.8, 4) is 0 Å². The van der Waals surface area contributed by atoms with Gasteiger partial charge in [-0.2, -0.15) is 0 Å². The first kappa shape index (κ1) is 29.8. The van der Waals surface area contributed by atoms with Crippen LogP contribution < -0.4 is 21.7 Å². The van der Waals surface area contributed by atoms with Crippen molar-refractivity contribution in [2.45, 2.75) is 82.0 Å². The van der Waals surface area contributed by atoms with Crippen molar-refractivity contribution in [3.63, 3.8) is 0 Å². The highest BCUT2D eigenvalue weighted by atomic mass is 35.5. The molecular formula is C30H35Cl2FN4O4. The Hall–Kier alpha value is -2.72. The van der Waals surface area contributed by atoms with E-state index < -0.39 is 40.8 Å². The molecule has 41 heavy (non-hydrogen) atoms. The van der Waals surface area contributed by atoms with E-state index in [0.717, 1.165) is 0 Å².